The molecule has 1 aromatic rings. The summed E-state index contributed by atoms with van der Waals surface area (Å²) in [7, 11) is 0. The van der Waals surface area contributed by atoms with E-state index in [9.17, 15) is 0 Å². The Balaban J connectivity index is 1.78. The van der Waals surface area contributed by atoms with E-state index < -0.39 is 0 Å². The average Bonchev–Trinajstić information content (AvgIpc) is 2.85. The van der Waals surface area contributed by atoms with Crippen LogP contribution in [0.4, 0.5) is 5.95 Å². The molecule has 15 heavy (non-hydrogen) atoms. The fraction of sp³-hybridized carbons (Fsp3) is 0.750. The summed E-state index contributed by atoms with van der Waals surface area (Å²) in [5, 5.41) is 3.52. The Morgan fingerprint density at radius 2 is 2.13 bits per heavy atom. The molecule has 1 aromatic heterocycles. The van der Waals surface area contributed by atoms with Crippen LogP contribution < -0.4 is 5.32 Å². The Morgan fingerprint density at radius 3 is 2.73 bits per heavy atom. The van der Waals surface area contributed by atoms with Crippen LogP contribution in [0.5, 0.6) is 0 Å². The summed E-state index contributed by atoms with van der Waals surface area (Å²) in [6.45, 7) is 4.41. The van der Waals surface area contributed by atoms with Gasteiger partial charge in [0.1, 0.15) is 0 Å². The second-order valence-electron chi connectivity index (χ2n) is 5.26. The number of nitrogens with zero attached hydrogens (tertiary/aromatic N) is 2. The Hall–Kier alpha value is -0.990. The number of hydrogen-bond donors (Lipinski definition) is 1. The van der Waals surface area contributed by atoms with Crippen molar-refractivity contribution < 1.29 is 0 Å². The van der Waals surface area contributed by atoms with Gasteiger partial charge in [0.2, 0.25) is 5.95 Å². The minimum atomic E-state index is 0.697. The van der Waals surface area contributed by atoms with E-state index in [0.717, 1.165) is 17.6 Å². The molecule has 3 nitrogen and oxygen atoms in total. The number of aryl methyl sites for hydroxylation is 1. The number of aromatic nitrogens is 2. The summed E-state index contributed by atoms with van der Waals surface area (Å²) in [6.07, 6.45) is 7.45. The smallest absolute Gasteiger partial charge is 0.203 e. The molecule has 82 valence electrons. The van der Waals surface area contributed by atoms with Gasteiger partial charge in [-0.2, -0.15) is 0 Å². The summed E-state index contributed by atoms with van der Waals surface area (Å²) in [5.41, 5.74) is 1.14. The Morgan fingerprint density at radius 1 is 1.40 bits per heavy atom. The van der Waals surface area contributed by atoms with Crippen molar-refractivity contribution in [2.24, 2.45) is 5.92 Å². The molecule has 0 radical (unpaired) electrons. The third-order valence-corrected chi connectivity index (χ3v) is 3.51. The molecule has 2 aliphatic carbocycles. The van der Waals surface area contributed by atoms with Crippen LogP contribution in [-0.2, 0) is 0 Å². The number of hydrogen-bond acceptors (Lipinski definition) is 2. The molecule has 0 aromatic carbocycles. The van der Waals surface area contributed by atoms with Crippen molar-refractivity contribution in [1.29, 1.82) is 0 Å². The zero-order chi connectivity index (χ0) is 10.4. The van der Waals surface area contributed by atoms with Crippen molar-refractivity contribution >= 4 is 5.95 Å². The lowest BCUT2D eigenvalue weighted by atomic mass is 9.82. The van der Waals surface area contributed by atoms with Crippen LogP contribution in [0.1, 0.15) is 44.3 Å². The van der Waals surface area contributed by atoms with Gasteiger partial charge < -0.3 is 9.88 Å². The third-order valence-electron chi connectivity index (χ3n) is 3.51. The monoisotopic (exact) mass is 205 g/mol. The first-order valence-corrected chi connectivity index (χ1v) is 6.04. The fourth-order valence-corrected chi connectivity index (χ4v) is 2.40. The zero-order valence-electron chi connectivity index (χ0n) is 9.53. The first kappa shape index (κ1) is 9.25. The van der Waals surface area contributed by atoms with E-state index in [-0.39, 0.29) is 0 Å². The predicted molar refractivity (Wildman–Crippen MR) is 61.0 cm³/mol. The molecule has 1 N–H and O–H groups in total. The summed E-state index contributed by atoms with van der Waals surface area (Å²) in [5.74, 6) is 2.00. The molecule has 1 heterocycles. The van der Waals surface area contributed by atoms with Crippen molar-refractivity contribution in [2.75, 3.05) is 5.32 Å². The van der Waals surface area contributed by atoms with Crippen molar-refractivity contribution in [3.05, 3.63) is 11.9 Å². The topological polar surface area (TPSA) is 29.9 Å². The first-order valence-electron chi connectivity index (χ1n) is 6.04. The largest absolute Gasteiger partial charge is 0.353 e. The van der Waals surface area contributed by atoms with Crippen LogP contribution in [0.15, 0.2) is 6.20 Å². The van der Waals surface area contributed by atoms with E-state index >= 15 is 0 Å². The van der Waals surface area contributed by atoms with Gasteiger partial charge in [0.05, 0.1) is 5.69 Å². The highest BCUT2D eigenvalue weighted by Crippen LogP contribution is 2.39. The lowest BCUT2D eigenvalue weighted by Crippen LogP contribution is -2.25. The van der Waals surface area contributed by atoms with E-state index in [0.29, 0.717) is 12.1 Å². The van der Waals surface area contributed by atoms with Crippen molar-refractivity contribution in [1.82, 2.24) is 9.55 Å². The Kier molecular flexibility index (Phi) is 2.01. The van der Waals surface area contributed by atoms with E-state index in [1.54, 1.807) is 0 Å². The van der Waals surface area contributed by atoms with E-state index in [2.05, 4.69) is 34.9 Å². The van der Waals surface area contributed by atoms with E-state index in [4.69, 9.17) is 0 Å². The summed E-state index contributed by atoms with van der Waals surface area (Å²) in [6, 6.07) is 1.39. The fourth-order valence-electron chi connectivity index (χ4n) is 2.40. The molecule has 0 amide bonds. The number of imidazole rings is 1. The van der Waals surface area contributed by atoms with E-state index in [1.807, 2.05) is 0 Å². The maximum absolute atomic E-state index is 4.57. The third kappa shape index (κ3) is 1.75. The molecule has 2 fully saturated rings. The van der Waals surface area contributed by atoms with Gasteiger partial charge >= 0.3 is 0 Å². The summed E-state index contributed by atoms with van der Waals surface area (Å²) < 4.78 is 2.35. The van der Waals surface area contributed by atoms with Crippen LogP contribution in [0.25, 0.3) is 0 Å². The second-order valence-corrected chi connectivity index (χ2v) is 5.26. The molecule has 3 rings (SSSR count). The normalized spacial score (nSPS) is 30.0. The quantitative estimate of drug-likeness (QED) is 0.822. The molecule has 0 saturated heterocycles. The number of rotatable bonds is 3. The molecule has 0 bridgehead atoms. The zero-order valence-corrected chi connectivity index (χ0v) is 9.53. The highest BCUT2D eigenvalue weighted by molar-refractivity contribution is 5.33. The lowest BCUT2D eigenvalue weighted by molar-refractivity contribution is 0.218. The molecule has 0 atom stereocenters. The van der Waals surface area contributed by atoms with Gasteiger partial charge in [-0.05, 0) is 38.5 Å². The maximum atomic E-state index is 4.57. The van der Waals surface area contributed by atoms with Crippen LogP contribution in [0.3, 0.4) is 0 Å². The number of nitrogens with one attached hydrogen (secondary N) is 1. The van der Waals surface area contributed by atoms with Crippen molar-refractivity contribution in [2.45, 2.75) is 51.6 Å². The van der Waals surface area contributed by atoms with Gasteiger partial charge in [-0.3, -0.25) is 0 Å². The Bertz CT molecular complexity index is 359. The lowest BCUT2D eigenvalue weighted by Gasteiger charge is -2.34. The van der Waals surface area contributed by atoms with Gasteiger partial charge in [0, 0.05) is 18.3 Å². The van der Waals surface area contributed by atoms with Gasteiger partial charge in [0.15, 0.2) is 0 Å². The molecule has 0 spiro atoms. The molecule has 0 unspecified atom stereocenters. The standard InChI is InChI=1S/C12H19N3/c1-8-5-11(6-8)15-7-9(2)13-12(15)14-10-3-4-10/h7-8,10-11H,3-6H2,1-2H3,(H,13,14). The minimum absolute atomic E-state index is 0.697. The van der Waals surface area contributed by atoms with Crippen molar-refractivity contribution in [3.63, 3.8) is 0 Å². The predicted octanol–water partition coefficient (Wildman–Crippen LogP) is 2.74. The highest BCUT2D eigenvalue weighted by Gasteiger charge is 2.30. The van der Waals surface area contributed by atoms with Crippen LogP contribution >= 0.6 is 0 Å². The molecular weight excluding hydrogens is 186 g/mol. The average molecular weight is 205 g/mol. The highest BCUT2D eigenvalue weighted by atomic mass is 15.2. The molecule has 0 aliphatic heterocycles. The van der Waals surface area contributed by atoms with E-state index in [1.165, 1.54) is 25.7 Å². The summed E-state index contributed by atoms with van der Waals surface area (Å²) >= 11 is 0. The molecule has 2 aliphatic rings. The van der Waals surface area contributed by atoms with Crippen LogP contribution in [-0.4, -0.2) is 15.6 Å². The molecular formula is C12H19N3. The van der Waals surface area contributed by atoms with Gasteiger partial charge in [-0.15, -0.1) is 0 Å². The second kappa shape index (κ2) is 3.26. The molecule has 3 heteroatoms. The Labute approximate surface area is 90.9 Å². The minimum Gasteiger partial charge on any atom is -0.353 e. The first-order chi connectivity index (χ1) is 7.22. The van der Waals surface area contributed by atoms with Gasteiger partial charge in [-0.1, -0.05) is 6.92 Å². The number of anilines is 1. The van der Waals surface area contributed by atoms with Crippen LogP contribution in [0.2, 0.25) is 0 Å². The molecule has 2 saturated carbocycles. The summed E-state index contributed by atoms with van der Waals surface area (Å²) in [4.78, 5) is 4.57. The van der Waals surface area contributed by atoms with Crippen LogP contribution in [0, 0.1) is 12.8 Å². The maximum Gasteiger partial charge on any atom is 0.203 e. The van der Waals surface area contributed by atoms with Crippen molar-refractivity contribution in [3.8, 4) is 0 Å². The SMILES string of the molecule is Cc1cn(C2CC(C)C2)c(NC2CC2)n1. The van der Waals surface area contributed by atoms with Gasteiger partial charge in [-0.25, -0.2) is 4.98 Å². The van der Waals surface area contributed by atoms with Gasteiger partial charge in [0.25, 0.3) is 0 Å².